The Bertz CT molecular complexity index is 223. The third-order valence-corrected chi connectivity index (χ3v) is 1.44. The molecule has 2 nitrogen and oxygen atoms in total. The molecule has 0 amide bonds. The molecule has 2 N–H and O–H groups in total. The van der Waals surface area contributed by atoms with Gasteiger partial charge in [-0.1, -0.05) is 12.1 Å². The van der Waals surface area contributed by atoms with Crippen molar-refractivity contribution in [2.24, 2.45) is 5.84 Å². The third-order valence-electron chi connectivity index (χ3n) is 1.25. The predicted octanol–water partition coefficient (Wildman–Crippen LogP) is 1.83. The van der Waals surface area contributed by atoms with Crippen LogP contribution in [-0.4, -0.2) is 0 Å². The Balaban J connectivity index is 2.96. The van der Waals surface area contributed by atoms with Crippen molar-refractivity contribution in [2.75, 3.05) is 4.53 Å². The number of hydrogen-bond acceptors (Lipinski definition) is 2. The number of halogens is 1. The Hall–Kier alpha value is -0.730. The highest BCUT2D eigenvalue weighted by molar-refractivity contribution is 6.24. The van der Waals surface area contributed by atoms with E-state index < -0.39 is 0 Å². The molecule has 1 aromatic rings. The Labute approximate surface area is 65.3 Å². The van der Waals surface area contributed by atoms with Gasteiger partial charge in [0.1, 0.15) is 0 Å². The zero-order valence-corrected chi connectivity index (χ0v) is 6.47. The molecule has 1 aromatic carbocycles. The molecule has 3 heteroatoms. The van der Waals surface area contributed by atoms with Crippen molar-refractivity contribution in [3.8, 4) is 0 Å². The van der Waals surface area contributed by atoms with Gasteiger partial charge in [-0.15, -0.1) is 0 Å². The summed E-state index contributed by atoms with van der Waals surface area (Å²) in [6.45, 7) is 1.99. The van der Waals surface area contributed by atoms with Crippen LogP contribution in [0.15, 0.2) is 24.3 Å². The molecule has 1 rings (SSSR count). The number of aryl methyl sites for hydroxylation is 1. The smallest absolute Gasteiger partial charge is 0.0706 e. The van der Waals surface area contributed by atoms with Gasteiger partial charge >= 0.3 is 0 Å². The molecular formula is C7H9ClN2. The minimum Gasteiger partial charge on any atom is -0.232 e. The van der Waals surface area contributed by atoms with Gasteiger partial charge in [-0.2, -0.15) is 0 Å². The molecule has 0 spiro atoms. The van der Waals surface area contributed by atoms with E-state index in [9.17, 15) is 0 Å². The molecule has 0 bridgehead atoms. The average molecular weight is 157 g/mol. The summed E-state index contributed by atoms with van der Waals surface area (Å²) >= 11 is 5.49. The van der Waals surface area contributed by atoms with E-state index in [0.29, 0.717) is 0 Å². The lowest BCUT2D eigenvalue weighted by atomic mass is 10.2. The largest absolute Gasteiger partial charge is 0.232 e. The average Bonchev–Trinajstić information content (AvgIpc) is 1.88. The van der Waals surface area contributed by atoms with Crippen LogP contribution in [0, 0.1) is 6.92 Å². The van der Waals surface area contributed by atoms with E-state index in [1.807, 2.05) is 31.2 Å². The molecule has 0 saturated carbocycles. The number of benzene rings is 1. The van der Waals surface area contributed by atoms with Crippen LogP contribution in [0.2, 0.25) is 0 Å². The van der Waals surface area contributed by atoms with Crippen LogP contribution in [-0.2, 0) is 0 Å². The van der Waals surface area contributed by atoms with E-state index >= 15 is 0 Å². The van der Waals surface area contributed by atoms with E-state index in [0.717, 1.165) is 15.8 Å². The maximum atomic E-state index is 5.49. The quantitative estimate of drug-likeness (QED) is 0.382. The summed E-state index contributed by atoms with van der Waals surface area (Å²) in [5.74, 6) is 5.28. The molecule has 0 aliphatic heterocycles. The van der Waals surface area contributed by atoms with E-state index in [2.05, 4.69) is 0 Å². The minimum atomic E-state index is 0.807. The first-order valence-electron chi connectivity index (χ1n) is 2.97. The van der Waals surface area contributed by atoms with Crippen LogP contribution in [0.25, 0.3) is 0 Å². The SMILES string of the molecule is Cc1cccc(N(N)Cl)c1. The highest BCUT2D eigenvalue weighted by atomic mass is 35.5. The summed E-state index contributed by atoms with van der Waals surface area (Å²) in [4.78, 5) is 0. The van der Waals surface area contributed by atoms with Crippen molar-refractivity contribution in [1.82, 2.24) is 0 Å². The molecule has 0 unspecified atom stereocenters. The van der Waals surface area contributed by atoms with Crippen LogP contribution < -0.4 is 10.4 Å². The highest BCUT2D eigenvalue weighted by Crippen LogP contribution is 2.13. The summed E-state index contributed by atoms with van der Waals surface area (Å²) in [6, 6.07) is 7.66. The van der Waals surface area contributed by atoms with Crippen molar-refractivity contribution >= 4 is 17.5 Å². The van der Waals surface area contributed by atoms with Crippen molar-refractivity contribution in [2.45, 2.75) is 6.92 Å². The van der Waals surface area contributed by atoms with Crippen molar-refractivity contribution in [1.29, 1.82) is 0 Å². The second-order valence-electron chi connectivity index (χ2n) is 2.15. The van der Waals surface area contributed by atoms with Gasteiger partial charge in [0.25, 0.3) is 0 Å². The lowest BCUT2D eigenvalue weighted by Crippen LogP contribution is -2.18. The topological polar surface area (TPSA) is 29.3 Å². The third kappa shape index (κ3) is 1.62. The number of rotatable bonds is 1. The second-order valence-corrected chi connectivity index (χ2v) is 2.51. The summed E-state index contributed by atoms with van der Waals surface area (Å²) < 4.78 is 1.08. The lowest BCUT2D eigenvalue weighted by molar-refractivity contribution is 1.19. The van der Waals surface area contributed by atoms with Crippen LogP contribution in [0.5, 0.6) is 0 Å². The lowest BCUT2D eigenvalue weighted by Gasteiger charge is -2.07. The molecule has 0 aliphatic carbocycles. The highest BCUT2D eigenvalue weighted by Gasteiger charge is 1.94. The van der Waals surface area contributed by atoms with Crippen LogP contribution in [0.1, 0.15) is 5.56 Å². The Morgan fingerprint density at radius 2 is 2.20 bits per heavy atom. The maximum Gasteiger partial charge on any atom is 0.0706 e. The zero-order valence-electron chi connectivity index (χ0n) is 5.71. The predicted molar refractivity (Wildman–Crippen MR) is 43.7 cm³/mol. The summed E-state index contributed by atoms with van der Waals surface area (Å²) in [7, 11) is 0. The van der Waals surface area contributed by atoms with Gasteiger partial charge in [0.05, 0.1) is 5.69 Å². The second kappa shape index (κ2) is 2.90. The molecule has 0 aliphatic rings. The van der Waals surface area contributed by atoms with Gasteiger partial charge in [-0.05, 0) is 24.6 Å². The summed E-state index contributed by atoms with van der Waals surface area (Å²) in [6.07, 6.45) is 0. The standard InChI is InChI=1S/C7H9ClN2/c1-6-3-2-4-7(5-6)10(8)9/h2-5H,9H2,1H3. The first kappa shape index (κ1) is 7.38. The van der Waals surface area contributed by atoms with E-state index in [1.54, 1.807) is 0 Å². The Morgan fingerprint density at radius 3 is 2.60 bits per heavy atom. The van der Waals surface area contributed by atoms with Crippen LogP contribution >= 0.6 is 11.8 Å². The molecule has 0 saturated heterocycles. The molecule has 0 fully saturated rings. The molecule has 54 valence electrons. The van der Waals surface area contributed by atoms with Gasteiger partial charge in [-0.3, -0.25) is 0 Å². The Kier molecular flexibility index (Phi) is 2.14. The van der Waals surface area contributed by atoms with Crippen LogP contribution in [0.4, 0.5) is 5.69 Å². The van der Waals surface area contributed by atoms with Gasteiger partial charge in [0.2, 0.25) is 0 Å². The van der Waals surface area contributed by atoms with Gasteiger partial charge in [0.15, 0.2) is 0 Å². The summed E-state index contributed by atoms with van der Waals surface area (Å²) in [5, 5.41) is 0. The molecule has 0 radical (unpaired) electrons. The fourth-order valence-electron chi connectivity index (χ4n) is 0.761. The summed E-state index contributed by atoms with van der Waals surface area (Å²) in [5.41, 5.74) is 1.95. The molecule has 0 atom stereocenters. The molecular weight excluding hydrogens is 148 g/mol. The number of anilines is 1. The normalized spacial score (nSPS) is 9.50. The first-order chi connectivity index (χ1) is 4.70. The number of hydrazine groups is 1. The zero-order chi connectivity index (χ0) is 7.56. The first-order valence-corrected chi connectivity index (χ1v) is 3.31. The van der Waals surface area contributed by atoms with Crippen molar-refractivity contribution in [3.05, 3.63) is 29.8 Å². The molecule has 10 heavy (non-hydrogen) atoms. The number of nitrogens with two attached hydrogens (primary N) is 1. The van der Waals surface area contributed by atoms with Gasteiger partial charge < -0.3 is 0 Å². The van der Waals surface area contributed by atoms with Crippen molar-refractivity contribution in [3.63, 3.8) is 0 Å². The molecule has 0 aromatic heterocycles. The van der Waals surface area contributed by atoms with E-state index in [4.69, 9.17) is 17.6 Å². The van der Waals surface area contributed by atoms with Crippen molar-refractivity contribution < 1.29 is 0 Å². The maximum absolute atomic E-state index is 5.49. The Morgan fingerprint density at radius 1 is 1.50 bits per heavy atom. The van der Waals surface area contributed by atoms with Gasteiger partial charge in [-0.25, -0.2) is 10.4 Å². The minimum absolute atomic E-state index is 0.807. The molecule has 0 heterocycles. The van der Waals surface area contributed by atoms with Crippen LogP contribution in [0.3, 0.4) is 0 Å². The van der Waals surface area contributed by atoms with E-state index in [1.165, 1.54) is 0 Å². The number of nitrogens with zero attached hydrogens (tertiary/aromatic N) is 1. The fourth-order valence-corrected chi connectivity index (χ4v) is 0.866. The van der Waals surface area contributed by atoms with Gasteiger partial charge in [0, 0.05) is 11.8 Å². The van der Waals surface area contributed by atoms with E-state index in [-0.39, 0.29) is 0 Å². The monoisotopic (exact) mass is 156 g/mol. The number of hydrogen-bond donors (Lipinski definition) is 1. The fraction of sp³-hybridized carbons (Fsp3) is 0.143.